The number of rotatable bonds is 4. The Labute approximate surface area is 135 Å². The summed E-state index contributed by atoms with van der Waals surface area (Å²) in [6.45, 7) is 0. The Kier molecular flexibility index (Phi) is 3.20. The van der Waals surface area contributed by atoms with Gasteiger partial charge in [0.2, 0.25) is 0 Å². The summed E-state index contributed by atoms with van der Waals surface area (Å²) >= 11 is 0. The molecule has 2 aromatic heterocycles. The molecular formula is C16H11N5O3. The van der Waals surface area contributed by atoms with Crippen molar-refractivity contribution in [2.75, 3.05) is 5.32 Å². The molecule has 0 spiro atoms. The highest BCUT2D eigenvalue weighted by atomic mass is 16.6. The van der Waals surface area contributed by atoms with E-state index in [1.54, 1.807) is 24.4 Å². The van der Waals surface area contributed by atoms with Crippen molar-refractivity contribution in [1.29, 1.82) is 0 Å². The van der Waals surface area contributed by atoms with Gasteiger partial charge in [0.15, 0.2) is 0 Å². The quantitative estimate of drug-likeness (QED) is 0.436. The molecule has 0 unspecified atom stereocenters. The summed E-state index contributed by atoms with van der Waals surface area (Å²) in [5.74, 6) is 0.327. The van der Waals surface area contributed by atoms with E-state index in [0.29, 0.717) is 5.89 Å². The molecule has 2 aromatic carbocycles. The molecule has 2 heterocycles. The number of nitrogens with one attached hydrogen (secondary N) is 2. The number of para-hydroxylation sites is 3. The first-order valence-electron chi connectivity index (χ1n) is 7.13. The van der Waals surface area contributed by atoms with Gasteiger partial charge in [-0.05, 0) is 12.1 Å². The summed E-state index contributed by atoms with van der Waals surface area (Å²) in [6.07, 6.45) is 1.78. The van der Waals surface area contributed by atoms with Crippen LogP contribution < -0.4 is 5.32 Å². The van der Waals surface area contributed by atoms with Gasteiger partial charge in [0.1, 0.15) is 5.69 Å². The number of nitro benzene ring substituents is 1. The number of hydrogen-bond acceptors (Lipinski definition) is 6. The van der Waals surface area contributed by atoms with E-state index < -0.39 is 4.92 Å². The van der Waals surface area contributed by atoms with E-state index in [9.17, 15) is 10.1 Å². The van der Waals surface area contributed by atoms with E-state index in [4.69, 9.17) is 4.42 Å². The van der Waals surface area contributed by atoms with Crippen LogP contribution in [-0.2, 0) is 0 Å². The van der Waals surface area contributed by atoms with Crippen LogP contribution in [0.5, 0.6) is 0 Å². The van der Waals surface area contributed by atoms with Gasteiger partial charge in [-0.1, -0.05) is 35.4 Å². The summed E-state index contributed by atoms with van der Waals surface area (Å²) in [6, 6.07) is 14.1. The van der Waals surface area contributed by atoms with Crippen molar-refractivity contribution in [3.05, 3.63) is 64.8 Å². The summed E-state index contributed by atoms with van der Waals surface area (Å²) < 4.78 is 5.60. The third-order valence-corrected chi connectivity index (χ3v) is 3.59. The highest BCUT2D eigenvalue weighted by molar-refractivity contribution is 5.93. The third kappa shape index (κ3) is 2.35. The molecule has 8 nitrogen and oxygen atoms in total. The Hall–Kier alpha value is -3.68. The van der Waals surface area contributed by atoms with Crippen LogP contribution in [0.4, 0.5) is 17.4 Å². The number of nitro groups is 1. The lowest BCUT2D eigenvalue weighted by Crippen LogP contribution is -1.96. The van der Waals surface area contributed by atoms with E-state index in [1.807, 2.05) is 24.3 Å². The van der Waals surface area contributed by atoms with Crippen molar-refractivity contribution in [3.8, 4) is 11.5 Å². The molecule has 0 atom stereocenters. The summed E-state index contributed by atoms with van der Waals surface area (Å²) in [4.78, 5) is 13.7. The van der Waals surface area contributed by atoms with Crippen LogP contribution in [0.25, 0.3) is 22.4 Å². The Morgan fingerprint density at radius 2 is 1.88 bits per heavy atom. The average Bonchev–Trinajstić information content (AvgIpc) is 3.21. The number of aromatic amines is 1. The van der Waals surface area contributed by atoms with Crippen LogP contribution in [0, 0.1) is 10.1 Å². The minimum atomic E-state index is -0.473. The predicted octanol–water partition coefficient (Wildman–Crippen LogP) is 3.87. The molecule has 4 aromatic rings. The molecule has 0 saturated carbocycles. The monoisotopic (exact) mass is 321 g/mol. The normalized spacial score (nSPS) is 10.8. The zero-order valence-electron chi connectivity index (χ0n) is 12.3. The second kappa shape index (κ2) is 5.51. The molecule has 0 saturated heterocycles. The lowest BCUT2D eigenvalue weighted by Gasteiger charge is -2.01. The van der Waals surface area contributed by atoms with Crippen LogP contribution >= 0.6 is 0 Å². The summed E-state index contributed by atoms with van der Waals surface area (Å²) in [7, 11) is 0. The molecule has 2 N–H and O–H groups in total. The largest absolute Gasteiger partial charge is 0.403 e. The smallest absolute Gasteiger partial charge is 0.320 e. The average molecular weight is 321 g/mol. The molecule has 0 aliphatic heterocycles. The van der Waals surface area contributed by atoms with Crippen LogP contribution in [0.1, 0.15) is 0 Å². The zero-order chi connectivity index (χ0) is 16.5. The minimum absolute atomic E-state index is 0.0654. The van der Waals surface area contributed by atoms with Gasteiger partial charge < -0.3 is 14.7 Å². The molecule has 24 heavy (non-hydrogen) atoms. The maximum atomic E-state index is 11.0. The van der Waals surface area contributed by atoms with Gasteiger partial charge in [0.05, 0.1) is 10.5 Å². The summed E-state index contributed by atoms with van der Waals surface area (Å²) in [5, 5.41) is 22.7. The molecule has 0 fully saturated rings. The van der Waals surface area contributed by atoms with Gasteiger partial charge in [-0.25, -0.2) is 0 Å². The lowest BCUT2D eigenvalue weighted by molar-refractivity contribution is -0.383. The Bertz CT molecular complexity index is 1040. The van der Waals surface area contributed by atoms with Crippen LogP contribution in [0.2, 0.25) is 0 Å². The van der Waals surface area contributed by atoms with Crippen molar-refractivity contribution in [2.24, 2.45) is 0 Å². The van der Waals surface area contributed by atoms with Crippen molar-refractivity contribution in [2.45, 2.75) is 0 Å². The molecule has 4 rings (SSSR count). The maximum Gasteiger partial charge on any atom is 0.320 e. The molecule has 8 heteroatoms. The number of hydrogen-bond donors (Lipinski definition) is 2. The van der Waals surface area contributed by atoms with Gasteiger partial charge >= 0.3 is 6.01 Å². The topological polar surface area (TPSA) is 110 Å². The summed E-state index contributed by atoms with van der Waals surface area (Å²) in [5.41, 5.74) is 1.95. The highest BCUT2D eigenvalue weighted by Crippen LogP contribution is 2.30. The van der Waals surface area contributed by atoms with Crippen molar-refractivity contribution >= 4 is 28.3 Å². The SMILES string of the molecule is O=[N+]([O-])c1ccccc1Nc1nnc(-c2c[nH]c3ccccc23)o1. The Balaban J connectivity index is 1.68. The number of nitrogens with zero attached hydrogens (tertiary/aromatic N) is 3. The molecule has 0 aliphatic carbocycles. The number of H-pyrrole nitrogens is 1. The Morgan fingerprint density at radius 1 is 1.08 bits per heavy atom. The standard InChI is InChI=1S/C16H11N5O3/c22-21(23)14-8-4-3-7-13(14)18-16-20-19-15(24-16)11-9-17-12-6-2-1-5-10(11)12/h1-9,17H,(H,18,20). The second-order valence-corrected chi connectivity index (χ2v) is 5.06. The number of aromatic nitrogens is 3. The number of benzene rings is 2. The van der Waals surface area contributed by atoms with Crippen LogP contribution in [0.15, 0.2) is 59.1 Å². The first-order chi connectivity index (χ1) is 11.7. The predicted molar refractivity (Wildman–Crippen MR) is 88.0 cm³/mol. The van der Waals surface area contributed by atoms with Crippen molar-refractivity contribution in [3.63, 3.8) is 0 Å². The van der Waals surface area contributed by atoms with E-state index >= 15 is 0 Å². The van der Waals surface area contributed by atoms with Gasteiger partial charge in [0, 0.05) is 23.2 Å². The highest BCUT2D eigenvalue weighted by Gasteiger charge is 2.17. The van der Waals surface area contributed by atoms with Gasteiger partial charge in [-0.15, -0.1) is 5.10 Å². The number of anilines is 2. The molecule has 118 valence electrons. The van der Waals surface area contributed by atoms with Gasteiger partial charge in [-0.3, -0.25) is 10.1 Å². The first kappa shape index (κ1) is 13.9. The fourth-order valence-corrected chi connectivity index (χ4v) is 2.48. The second-order valence-electron chi connectivity index (χ2n) is 5.06. The molecule has 0 bridgehead atoms. The van der Waals surface area contributed by atoms with Crippen molar-refractivity contribution < 1.29 is 9.34 Å². The van der Waals surface area contributed by atoms with E-state index in [0.717, 1.165) is 16.5 Å². The van der Waals surface area contributed by atoms with Crippen LogP contribution in [-0.4, -0.2) is 20.1 Å². The zero-order valence-corrected chi connectivity index (χ0v) is 12.3. The lowest BCUT2D eigenvalue weighted by atomic mass is 10.2. The fourth-order valence-electron chi connectivity index (χ4n) is 2.48. The fraction of sp³-hybridized carbons (Fsp3) is 0. The maximum absolute atomic E-state index is 11.0. The number of fused-ring (bicyclic) bond motifs is 1. The first-order valence-corrected chi connectivity index (χ1v) is 7.13. The molecule has 0 amide bonds. The van der Waals surface area contributed by atoms with E-state index in [1.165, 1.54) is 6.07 Å². The molecule has 0 aliphatic rings. The van der Waals surface area contributed by atoms with E-state index in [2.05, 4.69) is 20.5 Å². The van der Waals surface area contributed by atoms with Gasteiger partial charge in [0.25, 0.3) is 11.6 Å². The van der Waals surface area contributed by atoms with Crippen LogP contribution in [0.3, 0.4) is 0 Å². The molecule has 0 radical (unpaired) electrons. The Morgan fingerprint density at radius 3 is 2.75 bits per heavy atom. The molecular weight excluding hydrogens is 310 g/mol. The minimum Gasteiger partial charge on any atom is -0.403 e. The van der Waals surface area contributed by atoms with Gasteiger partial charge in [-0.2, -0.15) is 0 Å². The van der Waals surface area contributed by atoms with Crippen molar-refractivity contribution in [1.82, 2.24) is 15.2 Å². The third-order valence-electron chi connectivity index (χ3n) is 3.59. The van der Waals surface area contributed by atoms with E-state index in [-0.39, 0.29) is 17.4 Å².